The summed E-state index contributed by atoms with van der Waals surface area (Å²) >= 11 is 0. The Morgan fingerprint density at radius 3 is 0.983 bits per heavy atom. The van der Waals surface area contributed by atoms with Gasteiger partial charge in [-0.1, -0.05) is 229 Å². The lowest BCUT2D eigenvalue weighted by Gasteiger charge is -2.18. The Kier molecular flexibility index (Phi) is 46.0. The molecule has 0 N–H and O–H groups in total. The molecule has 6 nitrogen and oxygen atoms in total. The van der Waals surface area contributed by atoms with Gasteiger partial charge in [-0.25, -0.2) is 0 Å². The lowest BCUT2D eigenvalue weighted by Crippen LogP contribution is -2.30. The molecular formula is C54H92O6. The summed E-state index contributed by atoms with van der Waals surface area (Å²) < 4.78 is 16.7. The molecule has 0 aromatic rings. The number of allylic oxidation sites excluding steroid dienone is 12. The summed E-state index contributed by atoms with van der Waals surface area (Å²) in [6, 6.07) is 0. The Balaban J connectivity index is 4.49. The predicted molar refractivity (Wildman–Crippen MR) is 256 cm³/mol. The minimum atomic E-state index is -0.810. The van der Waals surface area contributed by atoms with Crippen molar-refractivity contribution in [2.45, 2.75) is 239 Å². The number of esters is 3. The van der Waals surface area contributed by atoms with E-state index in [4.69, 9.17) is 14.2 Å². The van der Waals surface area contributed by atoms with Crippen LogP contribution in [0.5, 0.6) is 0 Å². The van der Waals surface area contributed by atoms with Crippen LogP contribution in [-0.2, 0) is 28.6 Å². The molecule has 0 radical (unpaired) electrons. The second-order valence-electron chi connectivity index (χ2n) is 16.4. The maximum absolute atomic E-state index is 12.7. The van der Waals surface area contributed by atoms with Gasteiger partial charge in [0.1, 0.15) is 13.2 Å². The van der Waals surface area contributed by atoms with Gasteiger partial charge in [-0.15, -0.1) is 0 Å². The van der Waals surface area contributed by atoms with Gasteiger partial charge in [0.2, 0.25) is 0 Å². The van der Waals surface area contributed by atoms with Gasteiger partial charge < -0.3 is 14.2 Å². The zero-order chi connectivity index (χ0) is 43.7. The summed E-state index contributed by atoms with van der Waals surface area (Å²) in [7, 11) is 0. The summed E-state index contributed by atoms with van der Waals surface area (Å²) in [4.78, 5) is 37.8. The second kappa shape index (κ2) is 48.5. The van der Waals surface area contributed by atoms with E-state index in [1.807, 2.05) is 12.2 Å². The van der Waals surface area contributed by atoms with E-state index in [1.165, 1.54) is 109 Å². The summed E-state index contributed by atoms with van der Waals surface area (Å²) in [5, 5.41) is 0. The van der Waals surface area contributed by atoms with Crippen molar-refractivity contribution in [3.8, 4) is 0 Å². The Morgan fingerprint density at radius 1 is 0.350 bits per heavy atom. The van der Waals surface area contributed by atoms with Gasteiger partial charge in [-0.3, -0.25) is 14.4 Å². The third kappa shape index (κ3) is 45.9. The molecule has 60 heavy (non-hydrogen) atoms. The standard InChI is InChI=1S/C54H92O6/c1-4-7-10-13-16-19-22-24-25-26-27-28-29-30-33-36-39-42-45-48-54(57)60-51(49-58-52(55)46-43-40-37-34-31-21-18-15-12-9-6-3)50-59-53(56)47-44-41-38-35-32-23-20-17-14-11-8-5-2/h7,10,16,19,24-25,27-28,30,33,39,42,51H,4-6,8-9,11-15,17-18,20-23,26,29,31-32,34-38,40-41,43-50H2,1-3H3/b10-7-,19-16-,25-24-,28-27-,33-30-,42-39-/t51-/m0/s1. The van der Waals surface area contributed by atoms with Crippen molar-refractivity contribution < 1.29 is 28.6 Å². The van der Waals surface area contributed by atoms with E-state index in [0.717, 1.165) is 77.0 Å². The third-order valence-electron chi connectivity index (χ3n) is 10.5. The van der Waals surface area contributed by atoms with Crippen molar-refractivity contribution in [1.82, 2.24) is 0 Å². The molecule has 344 valence electrons. The number of hydrogen-bond acceptors (Lipinski definition) is 6. The second-order valence-corrected chi connectivity index (χ2v) is 16.4. The summed E-state index contributed by atoms with van der Waals surface area (Å²) in [6.07, 6.45) is 60.4. The molecule has 0 heterocycles. The minimum Gasteiger partial charge on any atom is -0.462 e. The molecule has 0 fully saturated rings. The monoisotopic (exact) mass is 837 g/mol. The zero-order valence-corrected chi connectivity index (χ0v) is 39.2. The lowest BCUT2D eigenvalue weighted by molar-refractivity contribution is -0.166. The van der Waals surface area contributed by atoms with Crippen LogP contribution in [0, 0.1) is 0 Å². The average molecular weight is 837 g/mol. The van der Waals surface area contributed by atoms with Crippen LogP contribution < -0.4 is 0 Å². The number of hydrogen-bond donors (Lipinski definition) is 0. The highest BCUT2D eigenvalue weighted by Crippen LogP contribution is 2.14. The van der Waals surface area contributed by atoms with Crippen molar-refractivity contribution in [3.05, 3.63) is 72.9 Å². The van der Waals surface area contributed by atoms with Crippen molar-refractivity contribution in [2.24, 2.45) is 0 Å². The summed E-state index contributed by atoms with van der Waals surface area (Å²) in [5.74, 6) is -0.987. The number of rotatable bonds is 44. The average Bonchev–Trinajstić information content (AvgIpc) is 3.24. The van der Waals surface area contributed by atoms with Crippen LogP contribution in [0.25, 0.3) is 0 Å². The molecule has 0 spiro atoms. The lowest BCUT2D eigenvalue weighted by atomic mass is 10.0. The Hall–Kier alpha value is -3.15. The normalized spacial score (nSPS) is 12.7. The molecule has 0 aliphatic heterocycles. The van der Waals surface area contributed by atoms with Crippen molar-refractivity contribution >= 4 is 17.9 Å². The predicted octanol–water partition coefficient (Wildman–Crippen LogP) is 16.3. The molecule has 0 bridgehead atoms. The molecule has 0 amide bonds. The van der Waals surface area contributed by atoms with Gasteiger partial charge in [-0.05, 0) is 57.8 Å². The van der Waals surface area contributed by atoms with Crippen LogP contribution in [-0.4, -0.2) is 37.2 Å². The van der Waals surface area contributed by atoms with Gasteiger partial charge in [-0.2, -0.15) is 0 Å². The first-order valence-electron chi connectivity index (χ1n) is 24.9. The van der Waals surface area contributed by atoms with Gasteiger partial charge in [0.05, 0.1) is 0 Å². The quantitative estimate of drug-likeness (QED) is 0.0263. The van der Waals surface area contributed by atoms with Gasteiger partial charge in [0, 0.05) is 19.3 Å². The van der Waals surface area contributed by atoms with Gasteiger partial charge in [0.25, 0.3) is 0 Å². The maximum atomic E-state index is 12.7. The Labute approximate surface area is 370 Å². The van der Waals surface area contributed by atoms with Crippen LogP contribution in [0.3, 0.4) is 0 Å². The third-order valence-corrected chi connectivity index (χ3v) is 10.5. The summed E-state index contributed by atoms with van der Waals surface area (Å²) in [5.41, 5.74) is 0. The largest absolute Gasteiger partial charge is 0.462 e. The minimum absolute atomic E-state index is 0.103. The number of ether oxygens (including phenoxy) is 3. The van der Waals surface area contributed by atoms with Crippen molar-refractivity contribution in [2.75, 3.05) is 13.2 Å². The molecule has 0 saturated carbocycles. The van der Waals surface area contributed by atoms with Crippen molar-refractivity contribution in [1.29, 1.82) is 0 Å². The molecule has 0 aliphatic carbocycles. The zero-order valence-electron chi connectivity index (χ0n) is 39.2. The number of carbonyl (C=O) groups excluding carboxylic acids is 3. The van der Waals surface area contributed by atoms with E-state index in [-0.39, 0.29) is 31.6 Å². The van der Waals surface area contributed by atoms with Gasteiger partial charge in [0.15, 0.2) is 6.10 Å². The smallest absolute Gasteiger partial charge is 0.306 e. The van der Waals surface area contributed by atoms with Gasteiger partial charge >= 0.3 is 17.9 Å². The van der Waals surface area contributed by atoms with Crippen LogP contribution >= 0.6 is 0 Å². The number of unbranched alkanes of at least 4 members (excludes halogenated alkanes) is 21. The first-order valence-corrected chi connectivity index (χ1v) is 24.9. The molecule has 0 aromatic heterocycles. The Morgan fingerprint density at radius 2 is 0.650 bits per heavy atom. The van der Waals surface area contributed by atoms with Crippen LogP contribution in [0.15, 0.2) is 72.9 Å². The van der Waals surface area contributed by atoms with E-state index < -0.39 is 12.1 Å². The Bertz CT molecular complexity index is 1140. The molecule has 0 aliphatic rings. The van der Waals surface area contributed by atoms with E-state index in [2.05, 4.69) is 81.5 Å². The van der Waals surface area contributed by atoms with Crippen LogP contribution in [0.2, 0.25) is 0 Å². The SMILES string of the molecule is CC/C=C\C/C=C\C/C=C\C/C=C\C/C=C\C/C=C\CCC(=O)O[C@@H](COC(=O)CCCCCCCCCCCCC)COC(=O)CCCCCCCCCCCCCC. The van der Waals surface area contributed by atoms with E-state index in [9.17, 15) is 14.4 Å². The fraction of sp³-hybridized carbons (Fsp3) is 0.722. The molecule has 0 saturated heterocycles. The molecule has 1 atom stereocenters. The molecule has 6 heteroatoms. The molecule has 0 unspecified atom stereocenters. The van der Waals surface area contributed by atoms with E-state index >= 15 is 0 Å². The van der Waals surface area contributed by atoms with Crippen molar-refractivity contribution in [3.63, 3.8) is 0 Å². The maximum Gasteiger partial charge on any atom is 0.306 e. The van der Waals surface area contributed by atoms with E-state index in [1.54, 1.807) is 0 Å². The number of carbonyl (C=O) groups is 3. The highest BCUT2D eigenvalue weighted by Gasteiger charge is 2.19. The summed E-state index contributed by atoms with van der Waals surface area (Å²) in [6.45, 7) is 6.45. The molecular weight excluding hydrogens is 745 g/mol. The fourth-order valence-corrected chi connectivity index (χ4v) is 6.76. The topological polar surface area (TPSA) is 78.9 Å². The highest BCUT2D eigenvalue weighted by molar-refractivity contribution is 5.71. The van der Waals surface area contributed by atoms with Crippen LogP contribution in [0.1, 0.15) is 233 Å². The highest BCUT2D eigenvalue weighted by atomic mass is 16.6. The molecule has 0 aromatic carbocycles. The molecule has 0 rings (SSSR count). The first-order chi connectivity index (χ1) is 29.5. The van der Waals surface area contributed by atoms with E-state index in [0.29, 0.717) is 19.3 Å². The fourth-order valence-electron chi connectivity index (χ4n) is 6.76. The van der Waals surface area contributed by atoms with Crippen LogP contribution in [0.4, 0.5) is 0 Å². The first kappa shape index (κ1) is 56.9.